The molecule has 1 unspecified atom stereocenters. The summed E-state index contributed by atoms with van der Waals surface area (Å²) in [6.07, 6.45) is 1.49. The summed E-state index contributed by atoms with van der Waals surface area (Å²) in [4.78, 5) is 30.7. The topological polar surface area (TPSA) is 61.3 Å². The quantitative estimate of drug-likeness (QED) is 0.902. The smallest absolute Gasteiger partial charge is 0.325 e. The van der Waals surface area contributed by atoms with Crippen LogP contribution in [0.4, 0.5) is 5.69 Å². The lowest BCUT2D eigenvalue weighted by Gasteiger charge is -2.41. The molecular weight excluding hydrogens is 280 g/mol. The Morgan fingerprint density at radius 2 is 1.95 bits per heavy atom. The molecule has 3 rings (SSSR count). The highest BCUT2D eigenvalue weighted by molar-refractivity contribution is 5.92. The van der Waals surface area contributed by atoms with Gasteiger partial charge in [-0.15, -0.1) is 0 Å². The molecule has 1 aromatic heterocycles. The predicted octanol–water partition coefficient (Wildman–Crippen LogP) is 1.06. The Labute approximate surface area is 129 Å². The van der Waals surface area contributed by atoms with E-state index in [2.05, 4.69) is 28.9 Å². The first-order valence-electron chi connectivity index (χ1n) is 7.43. The third kappa shape index (κ3) is 2.52. The molecule has 1 aliphatic rings. The number of amides is 1. The van der Waals surface area contributed by atoms with Crippen LogP contribution in [0.15, 0.2) is 41.3 Å². The van der Waals surface area contributed by atoms with E-state index in [9.17, 15) is 9.59 Å². The van der Waals surface area contributed by atoms with Crippen molar-refractivity contribution < 1.29 is 4.79 Å². The van der Waals surface area contributed by atoms with Gasteiger partial charge in [0, 0.05) is 44.6 Å². The third-order valence-corrected chi connectivity index (χ3v) is 4.22. The molecule has 1 atom stereocenters. The van der Waals surface area contributed by atoms with Crippen molar-refractivity contribution in [1.82, 2.24) is 14.5 Å². The Hall–Kier alpha value is -2.50. The second kappa shape index (κ2) is 5.71. The first kappa shape index (κ1) is 14.4. The van der Waals surface area contributed by atoms with Gasteiger partial charge in [-0.2, -0.15) is 0 Å². The monoisotopic (exact) mass is 300 g/mol. The number of piperazine rings is 1. The summed E-state index contributed by atoms with van der Waals surface area (Å²) < 4.78 is 1.36. The van der Waals surface area contributed by atoms with Crippen molar-refractivity contribution in [2.75, 3.05) is 24.5 Å². The van der Waals surface area contributed by atoms with Gasteiger partial charge >= 0.3 is 5.69 Å². The molecule has 1 fully saturated rings. The maximum Gasteiger partial charge on any atom is 0.325 e. The maximum atomic E-state index is 12.6. The van der Waals surface area contributed by atoms with Crippen LogP contribution in [-0.2, 0) is 7.05 Å². The van der Waals surface area contributed by atoms with E-state index in [1.165, 1.54) is 16.5 Å². The van der Waals surface area contributed by atoms with Crippen LogP contribution in [-0.4, -0.2) is 46.0 Å². The lowest BCUT2D eigenvalue weighted by atomic mass is 10.1. The van der Waals surface area contributed by atoms with Crippen molar-refractivity contribution in [2.24, 2.45) is 7.05 Å². The van der Waals surface area contributed by atoms with Gasteiger partial charge in [-0.05, 0) is 19.1 Å². The Balaban J connectivity index is 1.74. The highest BCUT2D eigenvalue weighted by Gasteiger charge is 2.28. The zero-order valence-corrected chi connectivity index (χ0v) is 12.8. The Bertz CT molecular complexity index is 719. The summed E-state index contributed by atoms with van der Waals surface area (Å²) >= 11 is 0. The van der Waals surface area contributed by atoms with Crippen LogP contribution in [0.5, 0.6) is 0 Å². The van der Waals surface area contributed by atoms with Gasteiger partial charge in [0.25, 0.3) is 5.91 Å². The Morgan fingerprint density at radius 3 is 2.55 bits per heavy atom. The van der Waals surface area contributed by atoms with E-state index in [0.29, 0.717) is 18.8 Å². The number of para-hydroxylation sites is 1. The number of anilines is 1. The van der Waals surface area contributed by atoms with Gasteiger partial charge in [0.2, 0.25) is 0 Å². The van der Waals surface area contributed by atoms with Crippen molar-refractivity contribution in [2.45, 2.75) is 13.0 Å². The molecule has 0 spiro atoms. The number of benzene rings is 1. The number of rotatable bonds is 2. The number of aromatic amines is 1. The van der Waals surface area contributed by atoms with Crippen LogP contribution in [0.2, 0.25) is 0 Å². The van der Waals surface area contributed by atoms with Crippen molar-refractivity contribution in [3.8, 4) is 0 Å². The number of carbonyl (C=O) groups is 1. The molecule has 2 aromatic rings. The van der Waals surface area contributed by atoms with Crippen LogP contribution in [0.3, 0.4) is 0 Å². The van der Waals surface area contributed by atoms with Gasteiger partial charge in [0.1, 0.15) is 5.69 Å². The fraction of sp³-hybridized carbons (Fsp3) is 0.375. The molecule has 6 nitrogen and oxygen atoms in total. The van der Waals surface area contributed by atoms with Crippen LogP contribution >= 0.6 is 0 Å². The predicted molar refractivity (Wildman–Crippen MR) is 85.2 cm³/mol. The molecule has 0 radical (unpaired) electrons. The maximum absolute atomic E-state index is 12.6. The fourth-order valence-electron chi connectivity index (χ4n) is 2.95. The summed E-state index contributed by atoms with van der Waals surface area (Å²) in [6, 6.07) is 10.5. The molecule has 1 amide bonds. The van der Waals surface area contributed by atoms with Gasteiger partial charge < -0.3 is 14.8 Å². The van der Waals surface area contributed by atoms with Crippen molar-refractivity contribution >= 4 is 11.6 Å². The number of nitrogens with zero attached hydrogens (tertiary/aromatic N) is 3. The molecule has 1 aromatic carbocycles. The summed E-state index contributed by atoms with van der Waals surface area (Å²) in [7, 11) is 1.61. The zero-order chi connectivity index (χ0) is 15.7. The first-order chi connectivity index (χ1) is 10.6. The minimum atomic E-state index is -0.265. The van der Waals surface area contributed by atoms with E-state index in [-0.39, 0.29) is 17.6 Å². The number of aromatic nitrogens is 2. The number of nitrogens with one attached hydrogen (secondary N) is 1. The largest absolute Gasteiger partial charge is 0.365 e. The number of hydrogen-bond donors (Lipinski definition) is 1. The number of carbonyl (C=O) groups excluding carboxylic acids is 1. The average molecular weight is 300 g/mol. The molecule has 2 heterocycles. The lowest BCUT2D eigenvalue weighted by molar-refractivity contribution is 0.0716. The minimum absolute atomic E-state index is 0.0968. The van der Waals surface area contributed by atoms with Gasteiger partial charge in [0.05, 0.1) is 0 Å². The molecule has 22 heavy (non-hydrogen) atoms. The molecule has 6 heteroatoms. The van der Waals surface area contributed by atoms with Crippen molar-refractivity contribution in [3.63, 3.8) is 0 Å². The average Bonchev–Trinajstić information content (AvgIpc) is 2.87. The van der Waals surface area contributed by atoms with Crippen molar-refractivity contribution in [1.29, 1.82) is 0 Å². The molecule has 0 saturated carbocycles. The minimum Gasteiger partial charge on any atom is -0.365 e. The van der Waals surface area contributed by atoms with Crippen LogP contribution in [0.1, 0.15) is 17.4 Å². The standard InChI is InChI=1S/C16H20N4O2/c1-12-11-19(15(21)14-10-17-16(22)18(14)2)8-9-20(12)13-6-4-3-5-7-13/h3-7,10,12H,8-9,11H2,1-2H3,(H,17,22). The molecule has 1 N–H and O–H groups in total. The number of hydrogen-bond acceptors (Lipinski definition) is 3. The third-order valence-electron chi connectivity index (χ3n) is 4.22. The van der Waals surface area contributed by atoms with Crippen LogP contribution < -0.4 is 10.6 Å². The summed E-state index contributed by atoms with van der Waals surface area (Å²) in [5.41, 5.74) is 1.32. The number of H-pyrrole nitrogens is 1. The highest BCUT2D eigenvalue weighted by Crippen LogP contribution is 2.20. The fourth-order valence-corrected chi connectivity index (χ4v) is 2.95. The molecule has 1 aliphatic heterocycles. The Kier molecular flexibility index (Phi) is 3.75. The van der Waals surface area contributed by atoms with E-state index in [1.54, 1.807) is 7.05 Å². The molecule has 0 aliphatic carbocycles. The molecular formula is C16H20N4O2. The molecule has 1 saturated heterocycles. The summed E-state index contributed by atoms with van der Waals surface area (Å²) in [5, 5.41) is 0. The second-order valence-electron chi connectivity index (χ2n) is 5.67. The van der Waals surface area contributed by atoms with Crippen LogP contribution in [0.25, 0.3) is 0 Å². The van der Waals surface area contributed by atoms with E-state index >= 15 is 0 Å². The highest BCUT2D eigenvalue weighted by atomic mass is 16.2. The van der Waals surface area contributed by atoms with E-state index < -0.39 is 0 Å². The summed E-state index contributed by atoms with van der Waals surface area (Å²) in [5.74, 6) is -0.0968. The van der Waals surface area contributed by atoms with Gasteiger partial charge in [-0.25, -0.2) is 4.79 Å². The second-order valence-corrected chi connectivity index (χ2v) is 5.67. The number of imidazole rings is 1. The van der Waals surface area contributed by atoms with E-state index in [1.807, 2.05) is 23.1 Å². The van der Waals surface area contributed by atoms with E-state index in [4.69, 9.17) is 0 Å². The lowest BCUT2D eigenvalue weighted by Crippen LogP contribution is -2.54. The zero-order valence-electron chi connectivity index (χ0n) is 12.8. The Morgan fingerprint density at radius 1 is 1.23 bits per heavy atom. The molecule has 116 valence electrons. The van der Waals surface area contributed by atoms with Crippen molar-refractivity contribution in [3.05, 3.63) is 52.7 Å². The van der Waals surface area contributed by atoms with Gasteiger partial charge in [0.15, 0.2) is 0 Å². The van der Waals surface area contributed by atoms with Gasteiger partial charge in [-0.3, -0.25) is 9.36 Å². The first-order valence-corrected chi connectivity index (χ1v) is 7.43. The normalized spacial score (nSPS) is 18.5. The van der Waals surface area contributed by atoms with Gasteiger partial charge in [-0.1, -0.05) is 18.2 Å². The van der Waals surface area contributed by atoms with Crippen LogP contribution in [0, 0.1) is 0 Å². The SMILES string of the molecule is CC1CN(C(=O)c2c[nH]c(=O)n2C)CCN1c1ccccc1. The molecule has 0 bridgehead atoms. The summed E-state index contributed by atoms with van der Waals surface area (Å²) in [6.45, 7) is 4.20. The van der Waals surface area contributed by atoms with E-state index in [0.717, 1.165) is 6.54 Å².